The number of rotatable bonds is 3. The van der Waals surface area contributed by atoms with E-state index in [1.807, 2.05) is 51.6 Å². The fourth-order valence-electron chi connectivity index (χ4n) is 2.35. The van der Waals surface area contributed by atoms with Crippen molar-refractivity contribution in [1.82, 2.24) is 9.55 Å². The largest absolute Gasteiger partial charge is 0.467 e. The predicted octanol–water partition coefficient (Wildman–Crippen LogP) is 3.52. The number of pyridine rings is 1. The Labute approximate surface area is 144 Å². The molecule has 2 aromatic heterocycles. The van der Waals surface area contributed by atoms with Gasteiger partial charge in [0.2, 0.25) is 0 Å². The Balaban J connectivity index is 2.65. The Morgan fingerprint density at radius 3 is 2.59 bits per heavy atom. The van der Waals surface area contributed by atoms with Gasteiger partial charge in [-0.25, -0.2) is 9.78 Å². The first-order valence-electron chi connectivity index (χ1n) is 7.02. The average Bonchev–Trinajstić information content (AvgIpc) is 2.77. The highest BCUT2D eigenvalue weighted by Gasteiger charge is 2.32. The molecule has 2 rings (SSSR count). The molecule has 1 atom stereocenters. The standard InChI is InChI=1S/C16H21IN2O3/c1-9-11(13(15(20)21-6)22-16(2,3)4)12(17)10-7-8-19(5)14(10)18-9/h7-8,13H,1-6H3/t13-/m0/s1. The first-order valence-corrected chi connectivity index (χ1v) is 8.10. The maximum atomic E-state index is 12.3. The summed E-state index contributed by atoms with van der Waals surface area (Å²) in [5.41, 5.74) is 1.98. The van der Waals surface area contributed by atoms with Gasteiger partial charge in [-0.15, -0.1) is 0 Å². The topological polar surface area (TPSA) is 53.4 Å². The van der Waals surface area contributed by atoms with E-state index in [9.17, 15) is 4.79 Å². The van der Waals surface area contributed by atoms with Crippen LogP contribution in [-0.4, -0.2) is 28.2 Å². The zero-order valence-electron chi connectivity index (χ0n) is 13.7. The van der Waals surface area contributed by atoms with Crippen molar-refractivity contribution in [3.63, 3.8) is 0 Å². The average molecular weight is 416 g/mol. The Morgan fingerprint density at radius 2 is 2.05 bits per heavy atom. The summed E-state index contributed by atoms with van der Waals surface area (Å²) in [6, 6.07) is 2.00. The van der Waals surface area contributed by atoms with E-state index in [4.69, 9.17) is 9.47 Å². The molecule has 0 saturated heterocycles. The molecule has 0 aromatic carbocycles. The lowest BCUT2D eigenvalue weighted by Gasteiger charge is -2.27. The Hall–Kier alpha value is -1.15. The lowest BCUT2D eigenvalue weighted by Crippen LogP contribution is -2.29. The van der Waals surface area contributed by atoms with E-state index in [2.05, 4.69) is 27.6 Å². The second kappa shape index (κ2) is 6.16. The zero-order chi connectivity index (χ0) is 16.7. The van der Waals surface area contributed by atoms with Gasteiger partial charge in [0.1, 0.15) is 5.65 Å². The van der Waals surface area contributed by atoms with E-state index in [1.165, 1.54) is 7.11 Å². The minimum Gasteiger partial charge on any atom is -0.467 e. The van der Waals surface area contributed by atoms with Crippen LogP contribution in [0.5, 0.6) is 0 Å². The van der Waals surface area contributed by atoms with Gasteiger partial charge in [-0.3, -0.25) is 0 Å². The van der Waals surface area contributed by atoms with E-state index in [0.29, 0.717) is 0 Å². The summed E-state index contributed by atoms with van der Waals surface area (Å²) in [6.07, 6.45) is 1.18. The van der Waals surface area contributed by atoms with Gasteiger partial charge in [0.05, 0.1) is 12.7 Å². The van der Waals surface area contributed by atoms with E-state index < -0.39 is 17.7 Å². The van der Waals surface area contributed by atoms with Crippen LogP contribution >= 0.6 is 22.6 Å². The Morgan fingerprint density at radius 1 is 1.41 bits per heavy atom. The van der Waals surface area contributed by atoms with Gasteiger partial charge >= 0.3 is 5.97 Å². The molecular weight excluding hydrogens is 395 g/mol. The molecular formula is C16H21IN2O3. The summed E-state index contributed by atoms with van der Waals surface area (Å²) >= 11 is 2.25. The van der Waals surface area contributed by atoms with Gasteiger partial charge in [0.15, 0.2) is 6.10 Å². The second-order valence-electron chi connectivity index (χ2n) is 6.22. The third kappa shape index (κ3) is 3.27. The molecule has 0 amide bonds. The molecule has 22 heavy (non-hydrogen) atoms. The summed E-state index contributed by atoms with van der Waals surface area (Å²) in [4.78, 5) is 16.9. The van der Waals surface area contributed by atoms with Gasteiger partial charge in [-0.1, -0.05) is 0 Å². The number of esters is 1. The smallest absolute Gasteiger partial charge is 0.339 e. The van der Waals surface area contributed by atoms with Crippen LogP contribution in [0.15, 0.2) is 12.3 Å². The molecule has 0 bridgehead atoms. The van der Waals surface area contributed by atoms with Crippen LogP contribution in [0.4, 0.5) is 0 Å². The summed E-state index contributed by atoms with van der Waals surface area (Å²) in [7, 11) is 3.33. The number of hydrogen-bond donors (Lipinski definition) is 0. The van der Waals surface area contributed by atoms with Crippen LogP contribution in [0.2, 0.25) is 0 Å². The third-order valence-electron chi connectivity index (χ3n) is 3.32. The lowest BCUT2D eigenvalue weighted by atomic mass is 10.0. The van der Waals surface area contributed by atoms with Crippen molar-refractivity contribution in [3.8, 4) is 0 Å². The first-order chi connectivity index (χ1) is 10.2. The van der Waals surface area contributed by atoms with Gasteiger partial charge < -0.3 is 14.0 Å². The van der Waals surface area contributed by atoms with Gasteiger partial charge in [0, 0.05) is 33.5 Å². The van der Waals surface area contributed by atoms with Gasteiger partial charge in [-0.2, -0.15) is 0 Å². The first kappa shape index (κ1) is 17.2. The van der Waals surface area contributed by atoms with E-state index >= 15 is 0 Å². The molecule has 0 spiro atoms. The number of carbonyl (C=O) groups is 1. The fourth-order valence-corrected chi connectivity index (χ4v) is 3.44. The number of aromatic nitrogens is 2. The van der Waals surface area contributed by atoms with Gasteiger partial charge in [-0.05, 0) is 56.4 Å². The van der Waals surface area contributed by atoms with Crippen molar-refractivity contribution in [3.05, 3.63) is 27.1 Å². The molecule has 0 aliphatic carbocycles. The van der Waals surface area contributed by atoms with Crippen LogP contribution in [0, 0.1) is 10.5 Å². The molecule has 0 unspecified atom stereocenters. The summed E-state index contributed by atoms with van der Waals surface area (Å²) in [5.74, 6) is -0.409. The molecule has 0 saturated carbocycles. The highest BCUT2D eigenvalue weighted by Crippen LogP contribution is 2.34. The molecule has 0 N–H and O–H groups in total. The number of carbonyl (C=O) groups excluding carboxylic acids is 1. The highest BCUT2D eigenvalue weighted by atomic mass is 127. The van der Waals surface area contributed by atoms with Crippen LogP contribution in [0.3, 0.4) is 0 Å². The number of fused-ring (bicyclic) bond motifs is 1. The summed E-state index contributed by atoms with van der Waals surface area (Å²) in [5, 5.41) is 1.01. The van der Waals surface area contributed by atoms with E-state index in [1.54, 1.807) is 0 Å². The Bertz CT molecular complexity index is 716. The highest BCUT2D eigenvalue weighted by molar-refractivity contribution is 14.1. The molecule has 5 nitrogen and oxygen atoms in total. The number of ether oxygens (including phenoxy) is 2. The van der Waals surface area contributed by atoms with Crippen LogP contribution in [0.1, 0.15) is 38.1 Å². The second-order valence-corrected chi connectivity index (χ2v) is 7.30. The minimum absolute atomic E-state index is 0.409. The van der Waals surface area contributed by atoms with Crippen molar-refractivity contribution >= 4 is 39.6 Å². The van der Waals surface area contributed by atoms with E-state index in [-0.39, 0.29) is 0 Å². The molecule has 120 valence electrons. The Kier molecular flexibility index (Phi) is 4.81. The van der Waals surface area contributed by atoms with Crippen LogP contribution in [0.25, 0.3) is 11.0 Å². The van der Waals surface area contributed by atoms with Crippen LogP contribution in [-0.2, 0) is 21.3 Å². The molecule has 0 fully saturated rings. The van der Waals surface area contributed by atoms with Crippen molar-refractivity contribution in [2.75, 3.05) is 7.11 Å². The molecule has 0 aliphatic rings. The fraction of sp³-hybridized carbons (Fsp3) is 0.500. The number of halogens is 1. The zero-order valence-corrected chi connectivity index (χ0v) is 15.9. The SMILES string of the molecule is COC(=O)[C@@H](OC(C)(C)C)c1c(C)nc2c(ccn2C)c1I. The van der Waals surface area contributed by atoms with Crippen molar-refractivity contribution < 1.29 is 14.3 Å². The van der Waals surface area contributed by atoms with Crippen molar-refractivity contribution in [1.29, 1.82) is 0 Å². The molecule has 2 heterocycles. The number of methoxy groups -OCH3 is 1. The monoisotopic (exact) mass is 416 g/mol. The predicted molar refractivity (Wildman–Crippen MR) is 93.8 cm³/mol. The normalized spacial score (nSPS) is 13.4. The molecule has 6 heteroatoms. The van der Waals surface area contributed by atoms with Crippen molar-refractivity contribution in [2.45, 2.75) is 39.4 Å². The number of aryl methyl sites for hydroxylation is 2. The molecule has 0 aliphatic heterocycles. The number of hydrogen-bond acceptors (Lipinski definition) is 4. The molecule has 0 radical (unpaired) electrons. The molecule has 2 aromatic rings. The lowest BCUT2D eigenvalue weighted by molar-refractivity contribution is -0.164. The maximum absolute atomic E-state index is 12.3. The number of nitrogens with zero attached hydrogens (tertiary/aromatic N) is 2. The summed E-state index contributed by atoms with van der Waals surface area (Å²) < 4.78 is 13.8. The van der Waals surface area contributed by atoms with Gasteiger partial charge in [0.25, 0.3) is 0 Å². The van der Waals surface area contributed by atoms with Crippen LogP contribution < -0.4 is 0 Å². The third-order valence-corrected chi connectivity index (χ3v) is 4.49. The minimum atomic E-state index is -0.783. The maximum Gasteiger partial charge on any atom is 0.339 e. The van der Waals surface area contributed by atoms with Crippen molar-refractivity contribution in [2.24, 2.45) is 7.05 Å². The quantitative estimate of drug-likeness (QED) is 0.568. The van der Waals surface area contributed by atoms with E-state index in [0.717, 1.165) is 25.9 Å². The summed E-state index contributed by atoms with van der Waals surface area (Å²) in [6.45, 7) is 7.64.